The molecular formula is C26H34N6OS. The second-order valence-electron chi connectivity index (χ2n) is 8.61. The molecule has 1 aliphatic rings. The van der Waals surface area contributed by atoms with Crippen molar-refractivity contribution >= 4 is 34.7 Å². The van der Waals surface area contributed by atoms with Crippen LogP contribution in [0.4, 0.5) is 17.1 Å². The van der Waals surface area contributed by atoms with Crippen LogP contribution in [0.5, 0.6) is 0 Å². The second-order valence-corrected chi connectivity index (χ2v) is 9.56. The van der Waals surface area contributed by atoms with Crippen molar-refractivity contribution in [1.29, 1.82) is 0 Å². The van der Waals surface area contributed by atoms with E-state index in [0.29, 0.717) is 0 Å². The monoisotopic (exact) mass is 478 g/mol. The standard InChI is InChI=1S/C26H34N6OS/c1-5-31(6-2)21-11-9-20(10-12-21)25-28-29-26(30(25)4)34-18-24(33)27-23-14-13-22(17-19(23)3)32-15-7-8-16-32/h9-14,17H,5-8,15-16,18H2,1-4H3,(H,27,33). The van der Waals surface area contributed by atoms with Crippen LogP contribution in [0, 0.1) is 6.92 Å². The number of anilines is 3. The molecular weight excluding hydrogens is 444 g/mol. The Morgan fingerprint density at radius 1 is 1.06 bits per heavy atom. The number of hydrogen-bond acceptors (Lipinski definition) is 6. The number of nitrogens with zero attached hydrogens (tertiary/aromatic N) is 5. The summed E-state index contributed by atoms with van der Waals surface area (Å²) in [4.78, 5) is 17.3. The van der Waals surface area contributed by atoms with Crippen LogP contribution >= 0.6 is 11.8 Å². The van der Waals surface area contributed by atoms with E-state index < -0.39 is 0 Å². The van der Waals surface area contributed by atoms with Crippen LogP contribution in [-0.2, 0) is 11.8 Å². The normalized spacial score (nSPS) is 13.4. The number of thioether (sulfide) groups is 1. The third-order valence-electron chi connectivity index (χ3n) is 6.38. The highest BCUT2D eigenvalue weighted by atomic mass is 32.2. The van der Waals surface area contributed by atoms with Crippen LogP contribution < -0.4 is 15.1 Å². The first-order valence-electron chi connectivity index (χ1n) is 12.0. The third kappa shape index (κ3) is 5.38. The largest absolute Gasteiger partial charge is 0.372 e. The number of rotatable bonds is 9. The Labute approximate surface area is 206 Å². The first-order chi connectivity index (χ1) is 16.5. The molecule has 0 spiro atoms. The molecule has 2 heterocycles. The summed E-state index contributed by atoms with van der Waals surface area (Å²) in [5.74, 6) is 1.03. The van der Waals surface area contributed by atoms with Gasteiger partial charge in [-0.3, -0.25) is 4.79 Å². The third-order valence-corrected chi connectivity index (χ3v) is 7.40. The number of benzene rings is 2. The smallest absolute Gasteiger partial charge is 0.234 e. The first-order valence-corrected chi connectivity index (χ1v) is 13.0. The number of hydrogen-bond donors (Lipinski definition) is 1. The summed E-state index contributed by atoms with van der Waals surface area (Å²) >= 11 is 1.40. The lowest BCUT2D eigenvalue weighted by atomic mass is 10.1. The van der Waals surface area contributed by atoms with E-state index in [1.807, 2.05) is 24.6 Å². The molecule has 0 aliphatic carbocycles. The van der Waals surface area contributed by atoms with Gasteiger partial charge < -0.3 is 19.7 Å². The molecule has 3 aromatic rings. The fourth-order valence-corrected chi connectivity index (χ4v) is 5.09. The topological polar surface area (TPSA) is 66.3 Å². The maximum atomic E-state index is 12.6. The molecule has 0 unspecified atom stereocenters. The fourth-order valence-electron chi connectivity index (χ4n) is 4.38. The van der Waals surface area contributed by atoms with Crippen molar-refractivity contribution in [3.8, 4) is 11.4 Å². The van der Waals surface area contributed by atoms with Gasteiger partial charge in [-0.2, -0.15) is 0 Å². The average Bonchev–Trinajstić information content (AvgIpc) is 3.51. The number of carbonyl (C=O) groups excluding carboxylic acids is 1. The first kappa shape index (κ1) is 24.1. The van der Waals surface area contributed by atoms with Crippen molar-refractivity contribution in [2.45, 2.75) is 38.8 Å². The molecule has 1 saturated heterocycles. The van der Waals surface area contributed by atoms with Gasteiger partial charge in [0.05, 0.1) is 5.75 Å². The zero-order valence-corrected chi connectivity index (χ0v) is 21.4. The molecule has 4 rings (SSSR count). The van der Waals surface area contributed by atoms with E-state index in [0.717, 1.165) is 54.0 Å². The summed E-state index contributed by atoms with van der Waals surface area (Å²) < 4.78 is 1.94. The minimum atomic E-state index is -0.0462. The Kier molecular flexibility index (Phi) is 7.77. The molecule has 1 N–H and O–H groups in total. The van der Waals surface area contributed by atoms with E-state index in [-0.39, 0.29) is 11.7 Å². The van der Waals surface area contributed by atoms with Crippen molar-refractivity contribution in [3.05, 3.63) is 48.0 Å². The lowest BCUT2D eigenvalue weighted by Gasteiger charge is -2.21. The van der Waals surface area contributed by atoms with Crippen molar-refractivity contribution in [1.82, 2.24) is 14.8 Å². The van der Waals surface area contributed by atoms with Crippen LogP contribution in [0.2, 0.25) is 0 Å². The van der Waals surface area contributed by atoms with Crippen molar-refractivity contribution < 1.29 is 4.79 Å². The summed E-state index contributed by atoms with van der Waals surface area (Å²) in [7, 11) is 1.94. The molecule has 8 heteroatoms. The lowest BCUT2D eigenvalue weighted by Crippen LogP contribution is -2.21. The van der Waals surface area contributed by atoms with Crippen LogP contribution in [-0.4, -0.2) is 52.6 Å². The molecule has 2 aromatic carbocycles. The van der Waals surface area contributed by atoms with Crippen molar-refractivity contribution in [2.75, 3.05) is 47.0 Å². The predicted octanol–water partition coefficient (Wildman–Crippen LogP) is 4.97. The molecule has 180 valence electrons. The molecule has 7 nitrogen and oxygen atoms in total. The van der Waals surface area contributed by atoms with Crippen LogP contribution in [0.15, 0.2) is 47.6 Å². The quantitative estimate of drug-likeness (QED) is 0.438. The molecule has 1 amide bonds. The lowest BCUT2D eigenvalue weighted by molar-refractivity contribution is -0.113. The van der Waals surface area contributed by atoms with Gasteiger partial charge in [0.15, 0.2) is 11.0 Å². The fraction of sp³-hybridized carbons (Fsp3) is 0.423. The molecule has 34 heavy (non-hydrogen) atoms. The van der Waals surface area contributed by atoms with E-state index >= 15 is 0 Å². The van der Waals surface area contributed by atoms with Gasteiger partial charge in [0.25, 0.3) is 0 Å². The maximum absolute atomic E-state index is 12.6. The average molecular weight is 479 g/mol. The Balaban J connectivity index is 1.36. The van der Waals surface area contributed by atoms with E-state index in [9.17, 15) is 4.79 Å². The van der Waals surface area contributed by atoms with Crippen molar-refractivity contribution in [2.24, 2.45) is 7.05 Å². The Morgan fingerprint density at radius 2 is 1.76 bits per heavy atom. The molecule has 1 aliphatic heterocycles. The van der Waals surface area contributed by atoms with Crippen molar-refractivity contribution in [3.63, 3.8) is 0 Å². The highest BCUT2D eigenvalue weighted by molar-refractivity contribution is 7.99. The second kappa shape index (κ2) is 11.0. The molecule has 0 bridgehead atoms. The minimum Gasteiger partial charge on any atom is -0.372 e. The molecule has 1 fully saturated rings. The summed E-state index contributed by atoms with van der Waals surface area (Å²) in [6.07, 6.45) is 2.50. The number of amides is 1. The van der Waals surface area contributed by atoms with Gasteiger partial charge in [-0.25, -0.2) is 0 Å². The number of nitrogens with one attached hydrogen (secondary N) is 1. The Morgan fingerprint density at radius 3 is 2.41 bits per heavy atom. The number of aryl methyl sites for hydroxylation is 1. The van der Waals surface area contributed by atoms with Gasteiger partial charge in [-0.05, 0) is 81.6 Å². The van der Waals surface area contributed by atoms with Crippen LogP contribution in [0.25, 0.3) is 11.4 Å². The summed E-state index contributed by atoms with van der Waals surface area (Å²) in [5.41, 5.74) is 5.39. The summed E-state index contributed by atoms with van der Waals surface area (Å²) in [5, 5.41) is 12.4. The SMILES string of the molecule is CCN(CC)c1ccc(-c2nnc(SCC(=O)Nc3ccc(N4CCCC4)cc3C)n2C)cc1. The van der Waals surface area contributed by atoms with Gasteiger partial charge in [0.2, 0.25) is 5.91 Å². The zero-order chi connectivity index (χ0) is 24.1. The Hall–Kier alpha value is -3.00. The van der Waals surface area contributed by atoms with Gasteiger partial charge in [0.1, 0.15) is 0 Å². The summed E-state index contributed by atoms with van der Waals surface area (Å²) in [6, 6.07) is 14.7. The van der Waals surface area contributed by atoms with Gasteiger partial charge in [-0.1, -0.05) is 11.8 Å². The minimum absolute atomic E-state index is 0.0462. The molecule has 0 saturated carbocycles. The van der Waals surface area contributed by atoms with E-state index in [1.165, 1.54) is 36.0 Å². The van der Waals surface area contributed by atoms with E-state index in [1.54, 1.807) is 0 Å². The number of carbonyl (C=O) groups is 1. The zero-order valence-electron chi connectivity index (χ0n) is 20.5. The number of aromatic nitrogens is 3. The van der Waals surface area contributed by atoms with E-state index in [2.05, 4.69) is 75.6 Å². The van der Waals surface area contributed by atoms with Crippen LogP contribution in [0.1, 0.15) is 32.3 Å². The molecule has 0 atom stereocenters. The van der Waals surface area contributed by atoms with Crippen LogP contribution in [0.3, 0.4) is 0 Å². The Bertz CT molecular complexity index is 1120. The van der Waals surface area contributed by atoms with Gasteiger partial charge in [-0.15, -0.1) is 10.2 Å². The van der Waals surface area contributed by atoms with Gasteiger partial charge in [0, 0.05) is 55.9 Å². The van der Waals surface area contributed by atoms with E-state index in [4.69, 9.17) is 0 Å². The molecule has 0 radical (unpaired) electrons. The summed E-state index contributed by atoms with van der Waals surface area (Å²) in [6.45, 7) is 10.5. The highest BCUT2D eigenvalue weighted by Crippen LogP contribution is 2.27. The maximum Gasteiger partial charge on any atom is 0.234 e. The molecule has 1 aromatic heterocycles. The highest BCUT2D eigenvalue weighted by Gasteiger charge is 2.16. The van der Waals surface area contributed by atoms with Gasteiger partial charge >= 0.3 is 0 Å². The predicted molar refractivity (Wildman–Crippen MR) is 142 cm³/mol.